The molecule has 1 rings (SSSR count). The average Bonchev–Trinajstić information content (AvgIpc) is 2.21. The van der Waals surface area contributed by atoms with E-state index in [1.54, 1.807) is 0 Å². The molecule has 1 atom stereocenters. The molecule has 0 saturated heterocycles. The molecule has 0 aliphatic rings. The highest BCUT2D eigenvalue weighted by molar-refractivity contribution is 9.10. The third kappa shape index (κ3) is 5.02. The number of halogens is 1. The summed E-state index contributed by atoms with van der Waals surface area (Å²) in [5.41, 5.74) is 0. The fourth-order valence-electron chi connectivity index (χ4n) is 1.63. The highest BCUT2D eigenvalue weighted by Gasteiger charge is 2.06. The lowest BCUT2D eigenvalue weighted by Crippen LogP contribution is -2.12. The fourth-order valence-corrected chi connectivity index (χ4v) is 2.01. The molecule has 0 bridgehead atoms. The monoisotopic (exact) mass is 284 g/mol. The maximum absolute atomic E-state index is 5.88. The van der Waals surface area contributed by atoms with Gasteiger partial charge in [-0.15, -0.1) is 0 Å². The molecule has 90 valence electrons. The van der Waals surface area contributed by atoms with E-state index in [-0.39, 0.29) is 6.10 Å². The average molecular weight is 285 g/mol. The maximum atomic E-state index is 5.88. The predicted octanol–water partition coefficient (Wildman–Crippen LogP) is 5.04. The van der Waals surface area contributed by atoms with Crippen molar-refractivity contribution in [2.75, 3.05) is 0 Å². The first kappa shape index (κ1) is 13.6. The Bertz CT molecular complexity index is 309. The second kappa shape index (κ2) is 6.95. The second-order valence-corrected chi connectivity index (χ2v) is 5.54. The van der Waals surface area contributed by atoms with Crippen LogP contribution in [0.25, 0.3) is 0 Å². The summed E-state index contributed by atoms with van der Waals surface area (Å²) in [6.07, 6.45) is 3.93. The van der Waals surface area contributed by atoms with Gasteiger partial charge in [-0.1, -0.05) is 32.4 Å². The van der Waals surface area contributed by atoms with E-state index in [4.69, 9.17) is 4.74 Å². The van der Waals surface area contributed by atoms with Crippen molar-refractivity contribution in [2.45, 2.75) is 46.1 Å². The first-order chi connectivity index (χ1) is 7.59. The van der Waals surface area contributed by atoms with Gasteiger partial charge in [0.1, 0.15) is 5.75 Å². The van der Waals surface area contributed by atoms with Gasteiger partial charge in [-0.05, 0) is 53.7 Å². The first-order valence-corrected chi connectivity index (χ1v) is 6.80. The minimum Gasteiger partial charge on any atom is -0.490 e. The summed E-state index contributed by atoms with van der Waals surface area (Å²) in [6.45, 7) is 6.67. The molecule has 1 nitrogen and oxygen atoms in total. The minimum atomic E-state index is 0.289. The zero-order valence-electron chi connectivity index (χ0n) is 10.4. The summed E-state index contributed by atoms with van der Waals surface area (Å²) in [6, 6.07) is 8.01. The Labute approximate surface area is 107 Å². The first-order valence-electron chi connectivity index (χ1n) is 6.00. The van der Waals surface area contributed by atoms with Crippen LogP contribution in [-0.4, -0.2) is 6.10 Å². The van der Waals surface area contributed by atoms with E-state index in [0.29, 0.717) is 0 Å². The third-order valence-electron chi connectivity index (χ3n) is 2.56. The molecule has 0 amide bonds. The Morgan fingerprint density at radius 2 is 1.81 bits per heavy atom. The summed E-state index contributed by atoms with van der Waals surface area (Å²) in [5, 5.41) is 0. The zero-order valence-corrected chi connectivity index (χ0v) is 12.0. The maximum Gasteiger partial charge on any atom is 0.133 e. The van der Waals surface area contributed by atoms with Crippen LogP contribution in [0, 0.1) is 5.92 Å². The van der Waals surface area contributed by atoms with Crippen molar-refractivity contribution >= 4 is 15.9 Å². The normalized spacial score (nSPS) is 12.8. The molecule has 0 N–H and O–H groups in total. The van der Waals surface area contributed by atoms with Crippen molar-refractivity contribution in [1.82, 2.24) is 0 Å². The number of para-hydroxylation sites is 1. The molecule has 0 radical (unpaired) electrons. The van der Waals surface area contributed by atoms with Gasteiger partial charge in [0.25, 0.3) is 0 Å². The molecular weight excluding hydrogens is 264 g/mol. The van der Waals surface area contributed by atoms with Crippen LogP contribution in [0.2, 0.25) is 0 Å². The second-order valence-electron chi connectivity index (χ2n) is 4.68. The van der Waals surface area contributed by atoms with Gasteiger partial charge >= 0.3 is 0 Å². The summed E-state index contributed by atoms with van der Waals surface area (Å²) in [5.74, 6) is 1.73. The van der Waals surface area contributed by atoms with Crippen LogP contribution in [0.4, 0.5) is 0 Å². The molecule has 0 spiro atoms. The Balaban J connectivity index is 2.34. The van der Waals surface area contributed by atoms with Gasteiger partial charge in [0.05, 0.1) is 10.6 Å². The minimum absolute atomic E-state index is 0.289. The van der Waals surface area contributed by atoms with Crippen LogP contribution < -0.4 is 4.74 Å². The molecular formula is C14H21BrO. The SMILES string of the molecule is CC(C)CCCC(C)Oc1ccccc1Br. The largest absolute Gasteiger partial charge is 0.490 e. The van der Waals surface area contributed by atoms with E-state index in [1.165, 1.54) is 12.8 Å². The fraction of sp³-hybridized carbons (Fsp3) is 0.571. The summed E-state index contributed by atoms with van der Waals surface area (Å²) in [7, 11) is 0. The number of hydrogen-bond acceptors (Lipinski definition) is 1. The lowest BCUT2D eigenvalue weighted by Gasteiger charge is -2.16. The molecule has 0 saturated carbocycles. The molecule has 16 heavy (non-hydrogen) atoms. The van der Waals surface area contributed by atoms with E-state index in [1.807, 2.05) is 24.3 Å². The van der Waals surface area contributed by atoms with Crippen molar-refractivity contribution in [3.8, 4) is 5.75 Å². The number of hydrogen-bond donors (Lipinski definition) is 0. The molecule has 0 aliphatic heterocycles. The smallest absolute Gasteiger partial charge is 0.133 e. The van der Waals surface area contributed by atoms with E-state index in [0.717, 1.165) is 22.6 Å². The van der Waals surface area contributed by atoms with Crippen LogP contribution in [0.5, 0.6) is 5.75 Å². The van der Waals surface area contributed by atoms with Gasteiger partial charge in [-0.25, -0.2) is 0 Å². The summed E-state index contributed by atoms with van der Waals surface area (Å²) < 4.78 is 6.91. The van der Waals surface area contributed by atoms with E-state index >= 15 is 0 Å². The summed E-state index contributed by atoms with van der Waals surface area (Å²) in [4.78, 5) is 0. The molecule has 1 unspecified atom stereocenters. The Morgan fingerprint density at radius 1 is 1.12 bits per heavy atom. The van der Waals surface area contributed by atoms with Crippen LogP contribution in [0.3, 0.4) is 0 Å². The van der Waals surface area contributed by atoms with Gasteiger partial charge < -0.3 is 4.74 Å². The lowest BCUT2D eigenvalue weighted by molar-refractivity contribution is 0.203. The van der Waals surface area contributed by atoms with Crippen molar-refractivity contribution in [2.24, 2.45) is 5.92 Å². The molecule has 1 aromatic rings. The predicted molar refractivity (Wildman–Crippen MR) is 72.9 cm³/mol. The highest BCUT2D eigenvalue weighted by Crippen LogP contribution is 2.25. The van der Waals surface area contributed by atoms with E-state index in [9.17, 15) is 0 Å². The Kier molecular flexibility index (Phi) is 5.89. The van der Waals surface area contributed by atoms with Gasteiger partial charge in [-0.2, -0.15) is 0 Å². The van der Waals surface area contributed by atoms with Crippen molar-refractivity contribution in [3.05, 3.63) is 28.7 Å². The molecule has 1 aromatic carbocycles. The zero-order chi connectivity index (χ0) is 12.0. The molecule has 2 heteroatoms. The molecule has 0 fully saturated rings. The third-order valence-corrected chi connectivity index (χ3v) is 3.21. The van der Waals surface area contributed by atoms with E-state index < -0.39 is 0 Å². The van der Waals surface area contributed by atoms with Crippen LogP contribution in [0.15, 0.2) is 28.7 Å². The van der Waals surface area contributed by atoms with Crippen LogP contribution in [-0.2, 0) is 0 Å². The topological polar surface area (TPSA) is 9.23 Å². The molecule has 0 aromatic heterocycles. The highest BCUT2D eigenvalue weighted by atomic mass is 79.9. The van der Waals surface area contributed by atoms with Crippen LogP contribution in [0.1, 0.15) is 40.0 Å². The van der Waals surface area contributed by atoms with Crippen molar-refractivity contribution in [3.63, 3.8) is 0 Å². The Morgan fingerprint density at radius 3 is 2.44 bits per heavy atom. The van der Waals surface area contributed by atoms with Gasteiger partial charge in [0.15, 0.2) is 0 Å². The van der Waals surface area contributed by atoms with E-state index in [2.05, 4.69) is 36.7 Å². The quantitative estimate of drug-likeness (QED) is 0.711. The molecule has 0 aliphatic carbocycles. The number of rotatable bonds is 6. The Hall–Kier alpha value is -0.500. The summed E-state index contributed by atoms with van der Waals surface area (Å²) >= 11 is 3.49. The van der Waals surface area contributed by atoms with Crippen LogP contribution >= 0.6 is 15.9 Å². The standard InChI is InChI=1S/C14H21BrO/c1-11(2)7-6-8-12(3)16-14-10-5-4-9-13(14)15/h4-5,9-12H,6-8H2,1-3H3. The molecule has 0 heterocycles. The number of ether oxygens (including phenoxy) is 1. The lowest BCUT2D eigenvalue weighted by atomic mass is 10.0. The van der Waals surface area contributed by atoms with Gasteiger partial charge in [0.2, 0.25) is 0 Å². The van der Waals surface area contributed by atoms with Gasteiger partial charge in [0, 0.05) is 0 Å². The van der Waals surface area contributed by atoms with Crippen molar-refractivity contribution < 1.29 is 4.74 Å². The van der Waals surface area contributed by atoms with Gasteiger partial charge in [-0.3, -0.25) is 0 Å². The van der Waals surface area contributed by atoms with Crippen molar-refractivity contribution in [1.29, 1.82) is 0 Å². The number of benzene rings is 1.